The van der Waals surface area contributed by atoms with Crippen LogP contribution in [0.5, 0.6) is 11.5 Å². The Balaban J connectivity index is 1.54. The average molecular weight is 465 g/mol. The summed E-state index contributed by atoms with van der Waals surface area (Å²) >= 11 is 0. The molecule has 0 aromatic heterocycles. The lowest BCUT2D eigenvalue weighted by atomic mass is 9.98. The first-order chi connectivity index (χ1) is 16.3. The predicted octanol–water partition coefficient (Wildman–Crippen LogP) is 4.71. The summed E-state index contributed by atoms with van der Waals surface area (Å²) in [6, 6.07) is 9.71. The number of carbonyl (C=O) groups is 2. The molecular formula is C27H32N2O5. The Morgan fingerprint density at radius 1 is 1.18 bits per heavy atom. The Morgan fingerprint density at radius 3 is 2.47 bits per heavy atom. The summed E-state index contributed by atoms with van der Waals surface area (Å²) in [5.74, 6) is 1.06. The number of fused-ring (bicyclic) bond motifs is 1. The van der Waals surface area contributed by atoms with Crippen molar-refractivity contribution in [3.63, 3.8) is 0 Å². The van der Waals surface area contributed by atoms with E-state index in [2.05, 4.69) is 30.9 Å². The number of Topliss-reactive ketones (excluding diaryl/α,β-unsaturated/α-hetero) is 1. The van der Waals surface area contributed by atoms with Gasteiger partial charge < -0.3 is 19.5 Å². The minimum atomic E-state index is -0.300. The SMILES string of the molecule is CCOC(=O)N1CCN(Cc2c(O)cc(C)c3c2O/C(=C\c2ccc(C(C)C)cc2)C3=O)CC1. The number of aryl methyl sites for hydroxylation is 1. The van der Waals surface area contributed by atoms with Crippen LogP contribution >= 0.6 is 0 Å². The quantitative estimate of drug-likeness (QED) is 0.646. The molecule has 2 heterocycles. The van der Waals surface area contributed by atoms with Crippen LogP contribution in [0.2, 0.25) is 0 Å². The number of ketones is 1. The van der Waals surface area contributed by atoms with E-state index >= 15 is 0 Å². The van der Waals surface area contributed by atoms with Crippen molar-refractivity contribution in [1.29, 1.82) is 0 Å². The van der Waals surface area contributed by atoms with Gasteiger partial charge in [-0.25, -0.2) is 4.79 Å². The molecule has 2 aromatic rings. The zero-order chi connectivity index (χ0) is 24.4. The van der Waals surface area contributed by atoms with E-state index in [1.807, 2.05) is 19.1 Å². The van der Waals surface area contributed by atoms with Gasteiger partial charge in [-0.2, -0.15) is 0 Å². The Labute approximate surface area is 200 Å². The van der Waals surface area contributed by atoms with E-state index in [-0.39, 0.29) is 23.4 Å². The molecule has 2 aliphatic heterocycles. The number of ether oxygens (including phenoxy) is 2. The van der Waals surface area contributed by atoms with Gasteiger partial charge in [0.15, 0.2) is 5.76 Å². The number of hydrogen-bond donors (Lipinski definition) is 1. The lowest BCUT2D eigenvalue weighted by molar-refractivity contribution is 0.0774. The summed E-state index contributed by atoms with van der Waals surface area (Å²) < 4.78 is 11.1. The van der Waals surface area contributed by atoms with Crippen molar-refractivity contribution in [2.24, 2.45) is 0 Å². The summed E-state index contributed by atoms with van der Waals surface area (Å²) in [4.78, 5) is 29.0. The molecule has 7 nitrogen and oxygen atoms in total. The molecule has 0 radical (unpaired) electrons. The molecular weight excluding hydrogens is 432 g/mol. The molecule has 0 unspecified atom stereocenters. The smallest absolute Gasteiger partial charge is 0.409 e. The van der Waals surface area contributed by atoms with Crippen LogP contribution in [0.15, 0.2) is 36.1 Å². The van der Waals surface area contributed by atoms with Crippen molar-refractivity contribution in [2.45, 2.75) is 40.2 Å². The van der Waals surface area contributed by atoms with Crippen molar-refractivity contribution < 1.29 is 24.2 Å². The first kappa shape index (κ1) is 23.8. The van der Waals surface area contributed by atoms with Gasteiger partial charge in [-0.05, 0) is 48.6 Å². The molecule has 7 heteroatoms. The Bertz CT molecular complexity index is 1110. The molecule has 1 amide bonds. The number of benzene rings is 2. The summed E-state index contributed by atoms with van der Waals surface area (Å²) in [6.07, 6.45) is 1.46. The average Bonchev–Trinajstić information content (AvgIpc) is 3.13. The molecule has 34 heavy (non-hydrogen) atoms. The van der Waals surface area contributed by atoms with E-state index in [1.165, 1.54) is 5.56 Å². The van der Waals surface area contributed by atoms with Crippen molar-refractivity contribution in [3.05, 3.63) is 63.9 Å². The maximum atomic E-state index is 13.2. The van der Waals surface area contributed by atoms with E-state index < -0.39 is 0 Å². The zero-order valence-electron chi connectivity index (χ0n) is 20.3. The molecule has 4 rings (SSSR count). The molecule has 180 valence electrons. The maximum absolute atomic E-state index is 13.2. The molecule has 1 saturated heterocycles. The second-order valence-electron chi connectivity index (χ2n) is 9.12. The number of hydrogen-bond acceptors (Lipinski definition) is 6. The van der Waals surface area contributed by atoms with Crippen molar-refractivity contribution in [2.75, 3.05) is 32.8 Å². The number of piperazine rings is 1. The second-order valence-corrected chi connectivity index (χ2v) is 9.12. The van der Waals surface area contributed by atoms with Crippen molar-refractivity contribution >= 4 is 18.0 Å². The fourth-order valence-electron chi connectivity index (χ4n) is 4.39. The van der Waals surface area contributed by atoms with Gasteiger partial charge in [0.2, 0.25) is 5.78 Å². The molecule has 1 fully saturated rings. The largest absolute Gasteiger partial charge is 0.507 e. The van der Waals surface area contributed by atoms with Gasteiger partial charge in [0.05, 0.1) is 17.7 Å². The lowest BCUT2D eigenvalue weighted by Crippen LogP contribution is -2.48. The number of carbonyl (C=O) groups excluding carboxylic acids is 2. The Morgan fingerprint density at radius 2 is 1.85 bits per heavy atom. The van der Waals surface area contributed by atoms with Crippen LogP contribution in [-0.4, -0.2) is 59.6 Å². The highest BCUT2D eigenvalue weighted by Gasteiger charge is 2.34. The predicted molar refractivity (Wildman–Crippen MR) is 130 cm³/mol. The summed E-state index contributed by atoms with van der Waals surface area (Å²) in [7, 11) is 0. The van der Waals surface area contributed by atoms with Crippen LogP contribution in [0.25, 0.3) is 6.08 Å². The highest BCUT2D eigenvalue weighted by atomic mass is 16.6. The highest BCUT2D eigenvalue weighted by Crippen LogP contribution is 2.42. The molecule has 0 spiro atoms. The zero-order valence-corrected chi connectivity index (χ0v) is 20.3. The van der Waals surface area contributed by atoms with E-state index in [1.54, 1.807) is 24.0 Å². The number of amides is 1. The first-order valence-corrected chi connectivity index (χ1v) is 11.8. The molecule has 2 aromatic carbocycles. The van der Waals surface area contributed by atoms with Crippen molar-refractivity contribution in [1.82, 2.24) is 9.80 Å². The molecule has 0 saturated carbocycles. The van der Waals surface area contributed by atoms with Crippen LogP contribution in [0.4, 0.5) is 4.79 Å². The third-order valence-corrected chi connectivity index (χ3v) is 6.40. The molecule has 0 aliphatic carbocycles. The van der Waals surface area contributed by atoms with E-state index in [0.717, 1.165) is 5.56 Å². The van der Waals surface area contributed by atoms with Crippen LogP contribution in [-0.2, 0) is 11.3 Å². The summed E-state index contributed by atoms with van der Waals surface area (Å²) in [5, 5.41) is 10.7. The minimum absolute atomic E-state index is 0.111. The van der Waals surface area contributed by atoms with Gasteiger partial charge in [0.1, 0.15) is 11.5 Å². The number of aromatic hydroxyl groups is 1. The first-order valence-electron chi connectivity index (χ1n) is 11.8. The molecule has 0 atom stereocenters. The number of nitrogens with zero attached hydrogens (tertiary/aromatic N) is 2. The lowest BCUT2D eigenvalue weighted by Gasteiger charge is -2.34. The molecule has 2 aliphatic rings. The normalized spacial score (nSPS) is 17.3. The monoisotopic (exact) mass is 464 g/mol. The van der Waals surface area contributed by atoms with Crippen LogP contribution in [0.3, 0.4) is 0 Å². The third-order valence-electron chi connectivity index (χ3n) is 6.40. The number of allylic oxidation sites excluding steroid dienone is 1. The van der Waals surface area contributed by atoms with E-state index in [9.17, 15) is 14.7 Å². The Kier molecular flexibility index (Phi) is 6.93. The summed E-state index contributed by atoms with van der Waals surface area (Å²) in [6.45, 7) is 11.0. The molecule has 1 N–H and O–H groups in total. The van der Waals surface area contributed by atoms with Gasteiger partial charge in [0.25, 0.3) is 0 Å². The topological polar surface area (TPSA) is 79.3 Å². The van der Waals surface area contributed by atoms with Crippen LogP contribution in [0.1, 0.15) is 59.3 Å². The number of phenolic OH excluding ortho intramolecular Hbond substituents is 1. The van der Waals surface area contributed by atoms with Crippen LogP contribution in [0, 0.1) is 6.92 Å². The maximum Gasteiger partial charge on any atom is 0.409 e. The second kappa shape index (κ2) is 9.89. The Hall–Kier alpha value is -3.32. The molecule has 0 bridgehead atoms. The fraction of sp³-hybridized carbons (Fsp3) is 0.407. The van der Waals surface area contributed by atoms with Gasteiger partial charge in [-0.15, -0.1) is 0 Å². The minimum Gasteiger partial charge on any atom is -0.507 e. The summed E-state index contributed by atoms with van der Waals surface area (Å²) in [5.41, 5.74) is 3.90. The number of rotatable bonds is 5. The standard InChI is InChI=1S/C27H32N2O5/c1-5-33-27(32)29-12-10-28(11-13-29)16-21-22(30)14-18(4)24-25(31)23(34-26(21)24)15-19-6-8-20(9-7-19)17(2)3/h6-9,14-15,17,30H,5,10-13,16H2,1-4H3/b23-15-. The fourth-order valence-corrected chi connectivity index (χ4v) is 4.39. The highest BCUT2D eigenvalue weighted by molar-refractivity contribution is 6.15. The number of phenols is 1. The van der Waals surface area contributed by atoms with Gasteiger partial charge in [-0.1, -0.05) is 38.1 Å². The third kappa shape index (κ3) is 4.80. The van der Waals surface area contributed by atoms with E-state index in [0.29, 0.717) is 67.7 Å². The van der Waals surface area contributed by atoms with E-state index in [4.69, 9.17) is 9.47 Å². The van der Waals surface area contributed by atoms with Gasteiger partial charge in [0, 0.05) is 32.7 Å². The van der Waals surface area contributed by atoms with Crippen molar-refractivity contribution in [3.8, 4) is 11.5 Å². The van der Waals surface area contributed by atoms with Gasteiger partial charge in [-0.3, -0.25) is 9.69 Å². The van der Waals surface area contributed by atoms with Gasteiger partial charge >= 0.3 is 6.09 Å². The van der Waals surface area contributed by atoms with Crippen LogP contribution < -0.4 is 4.74 Å².